The Morgan fingerprint density at radius 3 is 2.00 bits per heavy atom. The summed E-state index contributed by atoms with van der Waals surface area (Å²) >= 11 is 0. The second kappa shape index (κ2) is 5.04. The molecule has 4 heteroatoms. The predicted octanol–water partition coefficient (Wildman–Crippen LogP) is 1.13. The lowest BCUT2D eigenvalue weighted by atomic mass is 10.1. The van der Waals surface area contributed by atoms with Crippen LogP contribution < -0.4 is 5.73 Å². The minimum atomic E-state index is -0.0841. The van der Waals surface area contributed by atoms with Crippen molar-refractivity contribution >= 4 is 5.96 Å². The summed E-state index contributed by atoms with van der Waals surface area (Å²) in [5.74, 6) is 0.691. The molecule has 0 amide bonds. The number of aliphatic imine (C=N–C) groups is 1. The third-order valence-electron chi connectivity index (χ3n) is 2.82. The maximum Gasteiger partial charge on any atom is 0.191 e. The van der Waals surface area contributed by atoms with Crippen LogP contribution in [-0.2, 0) is 0 Å². The minimum absolute atomic E-state index is 0.0841. The molecule has 94 valence electrons. The van der Waals surface area contributed by atoms with Crippen molar-refractivity contribution in [3.63, 3.8) is 0 Å². The van der Waals surface area contributed by atoms with Gasteiger partial charge in [-0.2, -0.15) is 0 Å². The molecule has 0 atom stereocenters. The van der Waals surface area contributed by atoms with Crippen molar-refractivity contribution < 1.29 is 0 Å². The Bertz CT molecular complexity index is 244. The molecule has 0 aliphatic carbocycles. The van der Waals surface area contributed by atoms with Gasteiger partial charge in [0, 0.05) is 32.2 Å². The SMILES string of the molecule is CC(C)N1CCN(C(N)=NC(C)(C)C)CC1. The maximum absolute atomic E-state index is 6.01. The summed E-state index contributed by atoms with van der Waals surface area (Å²) in [4.78, 5) is 9.16. The first-order chi connectivity index (χ1) is 7.29. The first-order valence-electron chi connectivity index (χ1n) is 6.14. The monoisotopic (exact) mass is 226 g/mol. The summed E-state index contributed by atoms with van der Waals surface area (Å²) < 4.78 is 0. The van der Waals surface area contributed by atoms with Crippen molar-refractivity contribution in [1.82, 2.24) is 9.80 Å². The summed E-state index contributed by atoms with van der Waals surface area (Å²) in [5.41, 5.74) is 5.93. The average Bonchev–Trinajstić information content (AvgIpc) is 2.15. The minimum Gasteiger partial charge on any atom is -0.370 e. The molecular formula is C12H26N4. The van der Waals surface area contributed by atoms with E-state index in [0.717, 1.165) is 26.2 Å². The van der Waals surface area contributed by atoms with Gasteiger partial charge in [-0.3, -0.25) is 4.90 Å². The number of guanidine groups is 1. The number of hydrogen-bond donors (Lipinski definition) is 1. The van der Waals surface area contributed by atoms with E-state index in [9.17, 15) is 0 Å². The Hall–Kier alpha value is -0.770. The van der Waals surface area contributed by atoms with Crippen molar-refractivity contribution in [2.24, 2.45) is 10.7 Å². The molecule has 0 aromatic rings. The smallest absolute Gasteiger partial charge is 0.191 e. The average molecular weight is 226 g/mol. The molecule has 0 aromatic carbocycles. The van der Waals surface area contributed by atoms with Crippen LogP contribution in [0.15, 0.2) is 4.99 Å². The summed E-state index contributed by atoms with van der Waals surface area (Å²) in [6.07, 6.45) is 0. The van der Waals surface area contributed by atoms with Crippen LogP contribution in [0.4, 0.5) is 0 Å². The Balaban J connectivity index is 2.51. The van der Waals surface area contributed by atoms with Crippen LogP contribution in [0, 0.1) is 0 Å². The fourth-order valence-corrected chi connectivity index (χ4v) is 1.88. The lowest BCUT2D eigenvalue weighted by Gasteiger charge is -2.37. The summed E-state index contributed by atoms with van der Waals surface area (Å²) in [5, 5.41) is 0. The molecule has 1 aliphatic rings. The van der Waals surface area contributed by atoms with Gasteiger partial charge in [0.15, 0.2) is 5.96 Å². The van der Waals surface area contributed by atoms with Crippen LogP contribution in [0.2, 0.25) is 0 Å². The zero-order chi connectivity index (χ0) is 12.3. The van der Waals surface area contributed by atoms with E-state index in [2.05, 4.69) is 49.4 Å². The van der Waals surface area contributed by atoms with E-state index in [0.29, 0.717) is 12.0 Å². The van der Waals surface area contributed by atoms with E-state index in [1.807, 2.05) is 0 Å². The molecule has 16 heavy (non-hydrogen) atoms. The van der Waals surface area contributed by atoms with Crippen LogP contribution in [-0.4, -0.2) is 53.5 Å². The van der Waals surface area contributed by atoms with Gasteiger partial charge in [0.2, 0.25) is 0 Å². The zero-order valence-electron chi connectivity index (χ0n) is 11.3. The molecule has 0 spiro atoms. The fraction of sp³-hybridized carbons (Fsp3) is 0.917. The highest BCUT2D eigenvalue weighted by molar-refractivity contribution is 5.78. The molecule has 1 rings (SSSR count). The molecule has 1 heterocycles. The largest absolute Gasteiger partial charge is 0.370 e. The van der Waals surface area contributed by atoms with Crippen LogP contribution in [0.3, 0.4) is 0 Å². The number of nitrogens with two attached hydrogens (primary N) is 1. The van der Waals surface area contributed by atoms with E-state index in [1.165, 1.54) is 0 Å². The Labute approximate surface area is 99.5 Å². The van der Waals surface area contributed by atoms with Gasteiger partial charge >= 0.3 is 0 Å². The fourth-order valence-electron chi connectivity index (χ4n) is 1.88. The van der Waals surface area contributed by atoms with Crippen molar-refractivity contribution in [3.05, 3.63) is 0 Å². The standard InChI is InChI=1S/C12H26N4/c1-10(2)15-6-8-16(9-7-15)11(13)14-12(3,4)5/h10H,6-9H2,1-5H3,(H2,13,14). The van der Waals surface area contributed by atoms with Crippen molar-refractivity contribution in [2.45, 2.75) is 46.2 Å². The van der Waals surface area contributed by atoms with Gasteiger partial charge in [-0.1, -0.05) is 0 Å². The second-order valence-electron chi connectivity index (χ2n) is 5.76. The van der Waals surface area contributed by atoms with Crippen LogP contribution >= 0.6 is 0 Å². The summed E-state index contributed by atoms with van der Waals surface area (Å²) in [6, 6.07) is 0.628. The number of nitrogens with zero attached hydrogens (tertiary/aromatic N) is 3. The highest BCUT2D eigenvalue weighted by Gasteiger charge is 2.21. The van der Waals surface area contributed by atoms with E-state index < -0.39 is 0 Å². The van der Waals surface area contributed by atoms with E-state index in [1.54, 1.807) is 0 Å². The molecule has 0 aromatic heterocycles. The molecule has 2 N–H and O–H groups in total. The predicted molar refractivity (Wildman–Crippen MR) is 69.7 cm³/mol. The molecular weight excluding hydrogens is 200 g/mol. The quantitative estimate of drug-likeness (QED) is 0.538. The molecule has 0 unspecified atom stereocenters. The third-order valence-corrected chi connectivity index (χ3v) is 2.82. The van der Waals surface area contributed by atoms with Gasteiger partial charge in [-0.25, -0.2) is 4.99 Å². The normalized spacial score (nSPS) is 20.6. The van der Waals surface area contributed by atoms with Gasteiger partial charge in [0.25, 0.3) is 0 Å². The molecule has 1 fully saturated rings. The van der Waals surface area contributed by atoms with Crippen LogP contribution in [0.1, 0.15) is 34.6 Å². The molecule has 0 radical (unpaired) electrons. The summed E-state index contributed by atoms with van der Waals surface area (Å²) in [6.45, 7) is 14.8. The Morgan fingerprint density at radius 2 is 1.62 bits per heavy atom. The zero-order valence-corrected chi connectivity index (χ0v) is 11.3. The van der Waals surface area contributed by atoms with Gasteiger partial charge in [-0.15, -0.1) is 0 Å². The van der Waals surface area contributed by atoms with Gasteiger partial charge in [-0.05, 0) is 34.6 Å². The highest BCUT2D eigenvalue weighted by Crippen LogP contribution is 2.09. The number of hydrogen-bond acceptors (Lipinski definition) is 2. The Kier molecular flexibility index (Phi) is 4.19. The van der Waals surface area contributed by atoms with E-state index >= 15 is 0 Å². The van der Waals surface area contributed by atoms with Crippen LogP contribution in [0.5, 0.6) is 0 Å². The van der Waals surface area contributed by atoms with E-state index in [4.69, 9.17) is 5.73 Å². The molecule has 0 saturated carbocycles. The molecule has 1 aliphatic heterocycles. The Morgan fingerprint density at radius 1 is 1.12 bits per heavy atom. The highest BCUT2D eigenvalue weighted by atomic mass is 15.3. The van der Waals surface area contributed by atoms with Crippen molar-refractivity contribution in [2.75, 3.05) is 26.2 Å². The lowest BCUT2D eigenvalue weighted by Crippen LogP contribution is -2.53. The van der Waals surface area contributed by atoms with E-state index in [-0.39, 0.29) is 5.54 Å². The third kappa shape index (κ3) is 4.00. The second-order valence-corrected chi connectivity index (χ2v) is 5.76. The topological polar surface area (TPSA) is 44.9 Å². The molecule has 1 saturated heterocycles. The number of piperazine rings is 1. The maximum atomic E-state index is 6.01. The number of rotatable bonds is 1. The van der Waals surface area contributed by atoms with Crippen molar-refractivity contribution in [3.8, 4) is 0 Å². The molecule has 0 bridgehead atoms. The van der Waals surface area contributed by atoms with Gasteiger partial charge < -0.3 is 10.6 Å². The molecule has 4 nitrogen and oxygen atoms in total. The van der Waals surface area contributed by atoms with Gasteiger partial charge in [0.05, 0.1) is 5.54 Å². The summed E-state index contributed by atoms with van der Waals surface area (Å²) in [7, 11) is 0. The van der Waals surface area contributed by atoms with Crippen LogP contribution in [0.25, 0.3) is 0 Å². The first kappa shape index (κ1) is 13.3. The van der Waals surface area contributed by atoms with Crippen molar-refractivity contribution in [1.29, 1.82) is 0 Å². The van der Waals surface area contributed by atoms with Gasteiger partial charge in [0.1, 0.15) is 0 Å². The first-order valence-corrected chi connectivity index (χ1v) is 6.14. The lowest BCUT2D eigenvalue weighted by molar-refractivity contribution is 0.147.